The molecule has 2 nitrogen and oxygen atoms in total. The molecular formula is C15H31NOS. The minimum Gasteiger partial charge on any atom is -0.316 e. The Morgan fingerprint density at radius 1 is 0.944 bits per heavy atom. The Bertz CT molecular complexity index is 233. The first-order chi connectivity index (χ1) is 8.79. The molecule has 0 aromatic carbocycles. The molecule has 1 saturated carbocycles. The van der Waals surface area contributed by atoms with E-state index in [1.54, 1.807) is 0 Å². The summed E-state index contributed by atoms with van der Waals surface area (Å²) in [6.45, 7) is 2.05. The summed E-state index contributed by atoms with van der Waals surface area (Å²) in [7, 11) is 1.39. The van der Waals surface area contributed by atoms with E-state index in [0.29, 0.717) is 11.3 Å². The summed E-state index contributed by atoms with van der Waals surface area (Å²) in [5, 5.41) is 3.80. The third kappa shape index (κ3) is 5.83. The molecule has 1 N–H and O–H groups in total. The van der Waals surface area contributed by atoms with Gasteiger partial charge >= 0.3 is 0 Å². The lowest BCUT2D eigenvalue weighted by Crippen LogP contribution is -2.41. The maximum Gasteiger partial charge on any atom is 0.0501 e. The minimum atomic E-state index is -0.648. The summed E-state index contributed by atoms with van der Waals surface area (Å²) in [4.78, 5) is 0. The van der Waals surface area contributed by atoms with Crippen molar-refractivity contribution in [1.29, 1.82) is 0 Å². The van der Waals surface area contributed by atoms with Gasteiger partial charge in [0.15, 0.2) is 0 Å². The number of hydrogen-bond acceptors (Lipinski definition) is 2. The van der Waals surface area contributed by atoms with Crippen molar-refractivity contribution in [2.75, 3.05) is 12.8 Å². The molecule has 0 bridgehead atoms. The largest absolute Gasteiger partial charge is 0.316 e. The van der Waals surface area contributed by atoms with Gasteiger partial charge in [0, 0.05) is 22.6 Å². The zero-order valence-corrected chi connectivity index (χ0v) is 13.1. The van der Waals surface area contributed by atoms with E-state index >= 15 is 0 Å². The Morgan fingerprint density at radius 3 is 1.94 bits per heavy atom. The van der Waals surface area contributed by atoms with Gasteiger partial charge in [0.05, 0.1) is 5.25 Å². The minimum absolute atomic E-state index is 0.374. The van der Waals surface area contributed by atoms with Crippen LogP contribution in [0.5, 0.6) is 0 Å². The van der Waals surface area contributed by atoms with Crippen LogP contribution in [0.3, 0.4) is 0 Å². The van der Waals surface area contributed by atoms with Crippen LogP contribution in [0.2, 0.25) is 0 Å². The average Bonchev–Trinajstić information content (AvgIpc) is 2.38. The second kappa shape index (κ2) is 9.96. The van der Waals surface area contributed by atoms with Gasteiger partial charge < -0.3 is 5.32 Å². The van der Waals surface area contributed by atoms with E-state index in [9.17, 15) is 4.21 Å². The van der Waals surface area contributed by atoms with E-state index < -0.39 is 10.8 Å². The summed E-state index contributed by atoms with van der Waals surface area (Å²) in [6.07, 6.45) is 13.1. The lowest BCUT2D eigenvalue weighted by atomic mass is 9.97. The predicted molar refractivity (Wildman–Crippen MR) is 81.5 cm³/mol. The molecule has 0 radical (unpaired) electrons. The van der Waals surface area contributed by atoms with Gasteiger partial charge in [0.1, 0.15) is 0 Å². The summed E-state index contributed by atoms with van der Waals surface area (Å²) in [6, 6.07) is 0.463. The van der Waals surface area contributed by atoms with Gasteiger partial charge in [-0.2, -0.15) is 0 Å². The average molecular weight is 273 g/mol. The van der Waals surface area contributed by atoms with Gasteiger partial charge in [0.25, 0.3) is 0 Å². The molecule has 1 aliphatic carbocycles. The van der Waals surface area contributed by atoms with Crippen molar-refractivity contribution < 1.29 is 4.21 Å². The van der Waals surface area contributed by atoms with E-state index in [0.717, 1.165) is 12.2 Å². The van der Waals surface area contributed by atoms with E-state index in [4.69, 9.17) is 0 Å². The summed E-state index contributed by atoms with van der Waals surface area (Å²) in [5.41, 5.74) is 0. The zero-order valence-electron chi connectivity index (χ0n) is 12.2. The Labute approximate surface area is 116 Å². The molecule has 1 rings (SSSR count). The van der Waals surface area contributed by atoms with Crippen LogP contribution in [0, 0.1) is 0 Å². The maximum absolute atomic E-state index is 12.2. The molecule has 0 aliphatic heterocycles. The molecule has 108 valence electrons. The summed E-state index contributed by atoms with van der Waals surface area (Å²) in [5.74, 6) is 0.808. The molecule has 3 heteroatoms. The third-order valence-corrected chi connectivity index (χ3v) is 6.00. The lowest BCUT2D eigenvalue weighted by Gasteiger charge is -2.26. The normalized spacial score (nSPS) is 30.1. The standard InChI is InChI=1S/C15H31NOS/c1-3-18(17)15-13-11-9-7-5-4-6-8-10-12-14(15)16-2/h14-16H,3-13H2,1-2H3. The number of rotatable bonds is 3. The monoisotopic (exact) mass is 273 g/mol. The Hall–Kier alpha value is 0.110. The van der Waals surface area contributed by atoms with Crippen LogP contribution >= 0.6 is 0 Å². The topological polar surface area (TPSA) is 29.1 Å². The van der Waals surface area contributed by atoms with Crippen molar-refractivity contribution in [3.63, 3.8) is 0 Å². The van der Waals surface area contributed by atoms with Gasteiger partial charge in [-0.15, -0.1) is 0 Å². The fourth-order valence-electron chi connectivity index (χ4n) is 3.02. The molecule has 0 aromatic rings. The molecule has 3 unspecified atom stereocenters. The molecular weight excluding hydrogens is 242 g/mol. The highest BCUT2D eigenvalue weighted by Gasteiger charge is 2.24. The number of hydrogen-bond donors (Lipinski definition) is 1. The number of nitrogens with one attached hydrogen (secondary N) is 1. The predicted octanol–water partition coefficient (Wildman–Crippen LogP) is 3.63. The Kier molecular flexibility index (Phi) is 8.95. The molecule has 0 saturated heterocycles. The van der Waals surface area contributed by atoms with Crippen molar-refractivity contribution in [2.24, 2.45) is 0 Å². The quantitative estimate of drug-likeness (QED) is 0.851. The molecule has 3 atom stereocenters. The van der Waals surface area contributed by atoms with E-state index in [1.165, 1.54) is 57.8 Å². The van der Waals surface area contributed by atoms with E-state index in [1.807, 2.05) is 7.05 Å². The highest BCUT2D eigenvalue weighted by Crippen LogP contribution is 2.20. The second-order valence-electron chi connectivity index (χ2n) is 5.51. The van der Waals surface area contributed by atoms with E-state index in [2.05, 4.69) is 12.2 Å². The van der Waals surface area contributed by atoms with E-state index in [-0.39, 0.29) is 0 Å². The molecule has 0 aromatic heterocycles. The second-order valence-corrected chi connectivity index (χ2v) is 7.45. The van der Waals surface area contributed by atoms with Crippen LogP contribution in [0.4, 0.5) is 0 Å². The van der Waals surface area contributed by atoms with Gasteiger partial charge in [0.2, 0.25) is 0 Å². The third-order valence-electron chi connectivity index (χ3n) is 4.20. The summed E-state index contributed by atoms with van der Waals surface area (Å²) < 4.78 is 12.2. The fourth-order valence-corrected chi connectivity index (χ4v) is 4.51. The first-order valence-corrected chi connectivity index (χ1v) is 9.22. The zero-order chi connectivity index (χ0) is 13.2. The van der Waals surface area contributed by atoms with Crippen LogP contribution in [0.25, 0.3) is 0 Å². The van der Waals surface area contributed by atoms with Crippen molar-refractivity contribution in [2.45, 2.75) is 82.4 Å². The van der Waals surface area contributed by atoms with Crippen molar-refractivity contribution >= 4 is 10.8 Å². The molecule has 1 fully saturated rings. The first kappa shape index (κ1) is 16.2. The molecule has 0 spiro atoms. The Morgan fingerprint density at radius 2 is 1.44 bits per heavy atom. The molecule has 0 amide bonds. The highest BCUT2D eigenvalue weighted by molar-refractivity contribution is 7.85. The van der Waals surface area contributed by atoms with Crippen molar-refractivity contribution in [3.05, 3.63) is 0 Å². The summed E-state index contributed by atoms with van der Waals surface area (Å²) >= 11 is 0. The van der Waals surface area contributed by atoms with Gasteiger partial charge in [-0.1, -0.05) is 58.3 Å². The van der Waals surface area contributed by atoms with Gasteiger partial charge in [-0.3, -0.25) is 4.21 Å². The lowest BCUT2D eigenvalue weighted by molar-refractivity contribution is 0.428. The highest BCUT2D eigenvalue weighted by atomic mass is 32.2. The van der Waals surface area contributed by atoms with Crippen LogP contribution in [0.1, 0.15) is 71.1 Å². The Balaban J connectivity index is 2.56. The van der Waals surface area contributed by atoms with Crippen molar-refractivity contribution in [3.8, 4) is 0 Å². The maximum atomic E-state index is 12.2. The van der Waals surface area contributed by atoms with Crippen LogP contribution in [-0.2, 0) is 10.8 Å². The fraction of sp³-hybridized carbons (Fsp3) is 1.00. The van der Waals surface area contributed by atoms with Crippen LogP contribution < -0.4 is 5.32 Å². The molecule has 0 heterocycles. The SMILES string of the molecule is CCS(=O)C1CCCCCCCCCCC1NC. The molecule has 18 heavy (non-hydrogen) atoms. The van der Waals surface area contributed by atoms with Crippen LogP contribution in [-0.4, -0.2) is 28.3 Å². The molecule has 1 aliphatic rings. The van der Waals surface area contributed by atoms with Gasteiger partial charge in [-0.25, -0.2) is 0 Å². The van der Waals surface area contributed by atoms with Crippen molar-refractivity contribution in [1.82, 2.24) is 5.32 Å². The first-order valence-electron chi connectivity index (χ1n) is 7.84. The van der Waals surface area contributed by atoms with Gasteiger partial charge in [-0.05, 0) is 19.9 Å². The van der Waals surface area contributed by atoms with Crippen LogP contribution in [0.15, 0.2) is 0 Å². The smallest absolute Gasteiger partial charge is 0.0501 e.